The summed E-state index contributed by atoms with van der Waals surface area (Å²) < 4.78 is 17.3. The Morgan fingerprint density at radius 3 is 2.76 bits per heavy atom. The number of alkyl carbamates (subject to hydrolysis) is 1. The number of anilines is 1. The van der Waals surface area contributed by atoms with Crippen molar-refractivity contribution in [2.24, 2.45) is 13.0 Å². The summed E-state index contributed by atoms with van der Waals surface area (Å²) in [5, 5.41) is 17.3. The molecule has 11 nitrogen and oxygen atoms in total. The van der Waals surface area contributed by atoms with Crippen molar-refractivity contribution >= 4 is 17.8 Å². The van der Waals surface area contributed by atoms with Gasteiger partial charge < -0.3 is 24.8 Å². The average molecular weight is 475 g/mol. The predicted molar refractivity (Wildman–Crippen MR) is 123 cm³/mol. The van der Waals surface area contributed by atoms with E-state index in [2.05, 4.69) is 25.9 Å². The highest BCUT2D eigenvalue weighted by Gasteiger charge is 2.33. The Hall–Kier alpha value is -2.92. The largest absolute Gasteiger partial charge is 0.446 e. The molecule has 186 valence electrons. The number of nitrogens with one attached hydrogen (secondary N) is 3. The molecule has 2 heterocycles. The first-order valence-electron chi connectivity index (χ1n) is 11.8. The molecular weight excluding hydrogens is 440 g/mol. The SMILES string of the molecule is COCC[C@H]1C[C@@H](NC(=O)O[C@@H]2CC[C@H](c3cc(NC(=O)c4cc(COC)nn4C)n[nH]3)C2)C1. The summed E-state index contributed by atoms with van der Waals surface area (Å²) in [6.07, 6.45) is 4.98. The van der Waals surface area contributed by atoms with E-state index in [0.29, 0.717) is 29.7 Å². The van der Waals surface area contributed by atoms with E-state index in [0.717, 1.165) is 50.8 Å². The minimum atomic E-state index is -0.331. The molecule has 2 aliphatic carbocycles. The maximum absolute atomic E-state index is 12.6. The van der Waals surface area contributed by atoms with Crippen LogP contribution in [0.2, 0.25) is 0 Å². The lowest BCUT2D eigenvalue weighted by molar-refractivity contribution is 0.0833. The number of ether oxygens (including phenoxy) is 3. The highest BCUT2D eigenvalue weighted by atomic mass is 16.6. The minimum Gasteiger partial charge on any atom is -0.446 e. The number of hydrogen-bond donors (Lipinski definition) is 3. The number of carbonyl (C=O) groups is 2. The number of hydrogen-bond acceptors (Lipinski definition) is 7. The first-order chi connectivity index (χ1) is 16.4. The molecule has 11 heteroatoms. The monoisotopic (exact) mass is 474 g/mol. The Balaban J connectivity index is 1.22. The number of aryl methyl sites for hydroxylation is 1. The lowest BCUT2D eigenvalue weighted by Gasteiger charge is -2.35. The van der Waals surface area contributed by atoms with Gasteiger partial charge in [-0.25, -0.2) is 4.79 Å². The molecule has 2 aliphatic rings. The molecule has 0 bridgehead atoms. The summed E-state index contributed by atoms with van der Waals surface area (Å²) in [5.74, 6) is 0.981. The van der Waals surface area contributed by atoms with Gasteiger partial charge in [-0.3, -0.25) is 14.6 Å². The fourth-order valence-corrected chi connectivity index (χ4v) is 4.80. The van der Waals surface area contributed by atoms with Crippen LogP contribution in [-0.4, -0.2) is 65.0 Å². The summed E-state index contributed by atoms with van der Waals surface area (Å²) in [6, 6.07) is 3.74. The van der Waals surface area contributed by atoms with Crippen LogP contribution in [0.3, 0.4) is 0 Å². The van der Waals surface area contributed by atoms with Crippen LogP contribution in [-0.2, 0) is 27.9 Å². The van der Waals surface area contributed by atoms with Crippen LogP contribution in [0.4, 0.5) is 10.6 Å². The molecule has 0 saturated heterocycles. The van der Waals surface area contributed by atoms with Gasteiger partial charge in [0.25, 0.3) is 5.91 Å². The molecule has 4 rings (SSSR count). The molecule has 34 heavy (non-hydrogen) atoms. The van der Waals surface area contributed by atoms with Crippen LogP contribution in [0.5, 0.6) is 0 Å². The van der Waals surface area contributed by atoms with Crippen LogP contribution in [0.15, 0.2) is 12.1 Å². The van der Waals surface area contributed by atoms with Crippen molar-refractivity contribution in [1.29, 1.82) is 0 Å². The van der Waals surface area contributed by atoms with Crippen LogP contribution >= 0.6 is 0 Å². The molecule has 2 amide bonds. The van der Waals surface area contributed by atoms with Crippen molar-refractivity contribution in [3.63, 3.8) is 0 Å². The van der Waals surface area contributed by atoms with Crippen LogP contribution in [0.25, 0.3) is 0 Å². The zero-order chi connectivity index (χ0) is 24.1. The quantitative estimate of drug-likeness (QED) is 0.482. The zero-order valence-electron chi connectivity index (χ0n) is 20.0. The molecule has 0 aromatic carbocycles. The molecule has 2 fully saturated rings. The van der Waals surface area contributed by atoms with Crippen LogP contribution < -0.4 is 10.6 Å². The Bertz CT molecular complexity index is 982. The second-order valence-corrected chi connectivity index (χ2v) is 9.24. The molecule has 2 aromatic heterocycles. The van der Waals surface area contributed by atoms with Crippen molar-refractivity contribution in [2.75, 3.05) is 26.1 Å². The van der Waals surface area contributed by atoms with Crippen molar-refractivity contribution in [2.45, 2.75) is 63.2 Å². The van der Waals surface area contributed by atoms with E-state index < -0.39 is 0 Å². The van der Waals surface area contributed by atoms with E-state index in [1.807, 2.05) is 6.07 Å². The molecule has 0 spiro atoms. The fraction of sp³-hybridized carbons (Fsp3) is 0.652. The number of methoxy groups -OCH3 is 2. The zero-order valence-corrected chi connectivity index (χ0v) is 20.0. The second-order valence-electron chi connectivity index (χ2n) is 9.24. The summed E-state index contributed by atoms with van der Waals surface area (Å²) in [5.41, 5.74) is 2.03. The summed E-state index contributed by atoms with van der Waals surface area (Å²) in [4.78, 5) is 24.9. The summed E-state index contributed by atoms with van der Waals surface area (Å²) in [7, 11) is 5.00. The number of nitrogens with zero attached hydrogens (tertiary/aromatic N) is 3. The third-order valence-corrected chi connectivity index (χ3v) is 6.68. The Labute approximate surface area is 198 Å². The Morgan fingerprint density at radius 2 is 2.00 bits per heavy atom. The molecular formula is C23H34N6O5. The third-order valence-electron chi connectivity index (χ3n) is 6.68. The number of aromatic amines is 1. The van der Waals surface area contributed by atoms with Crippen LogP contribution in [0.1, 0.15) is 66.3 Å². The van der Waals surface area contributed by atoms with E-state index in [1.54, 1.807) is 27.3 Å². The van der Waals surface area contributed by atoms with E-state index in [1.165, 1.54) is 4.68 Å². The molecule has 0 radical (unpaired) electrons. The Kier molecular flexibility index (Phi) is 7.84. The smallest absolute Gasteiger partial charge is 0.407 e. The van der Waals surface area contributed by atoms with Gasteiger partial charge in [-0.1, -0.05) is 0 Å². The highest BCUT2D eigenvalue weighted by Crippen LogP contribution is 2.36. The predicted octanol–water partition coefficient (Wildman–Crippen LogP) is 2.72. The second kappa shape index (κ2) is 11.0. The topological polar surface area (TPSA) is 132 Å². The summed E-state index contributed by atoms with van der Waals surface area (Å²) >= 11 is 0. The van der Waals surface area contributed by atoms with Gasteiger partial charge in [-0.05, 0) is 50.5 Å². The minimum absolute atomic E-state index is 0.121. The number of carbonyl (C=O) groups excluding carboxylic acids is 2. The van der Waals surface area contributed by atoms with Crippen molar-refractivity contribution in [3.05, 3.63) is 29.2 Å². The third kappa shape index (κ3) is 5.95. The lowest BCUT2D eigenvalue weighted by Crippen LogP contribution is -2.45. The molecule has 2 atom stereocenters. The van der Waals surface area contributed by atoms with Gasteiger partial charge in [0, 0.05) is 51.6 Å². The van der Waals surface area contributed by atoms with Crippen molar-refractivity contribution in [1.82, 2.24) is 25.3 Å². The molecule has 2 saturated carbocycles. The molecule has 2 aromatic rings. The van der Waals surface area contributed by atoms with Gasteiger partial charge >= 0.3 is 6.09 Å². The van der Waals surface area contributed by atoms with Crippen LogP contribution in [0, 0.1) is 5.92 Å². The van der Waals surface area contributed by atoms with Gasteiger partial charge in [0.05, 0.1) is 12.3 Å². The normalized spacial score (nSPS) is 24.0. The number of aromatic nitrogens is 4. The van der Waals surface area contributed by atoms with E-state index >= 15 is 0 Å². The van der Waals surface area contributed by atoms with Gasteiger partial charge in [0.2, 0.25) is 0 Å². The van der Waals surface area contributed by atoms with Gasteiger partial charge in [-0.2, -0.15) is 10.2 Å². The molecule has 0 aliphatic heterocycles. The van der Waals surface area contributed by atoms with Crippen molar-refractivity contribution in [3.8, 4) is 0 Å². The molecule has 0 unspecified atom stereocenters. The van der Waals surface area contributed by atoms with E-state index in [-0.39, 0.29) is 30.1 Å². The maximum atomic E-state index is 12.6. The highest BCUT2D eigenvalue weighted by molar-refractivity contribution is 6.02. The first-order valence-corrected chi connectivity index (χ1v) is 11.8. The summed E-state index contributed by atoms with van der Waals surface area (Å²) in [6.45, 7) is 1.11. The van der Waals surface area contributed by atoms with Gasteiger partial charge in [0.1, 0.15) is 11.8 Å². The standard InChI is InChI=1S/C23H34N6O5/c1-29-20(11-17(28-29)13-33-3)22(30)25-21-12-19(26-27-21)15-4-5-18(10-15)34-23(31)24-16-8-14(9-16)6-7-32-2/h11-12,14-16,18H,4-10,13H2,1-3H3,(H,24,31)(H2,25,26,27,30)/t14-,15-,16+,18+/m0/s1. The van der Waals surface area contributed by atoms with E-state index in [9.17, 15) is 9.59 Å². The van der Waals surface area contributed by atoms with Gasteiger partial charge in [0.15, 0.2) is 5.82 Å². The lowest BCUT2D eigenvalue weighted by atomic mass is 9.78. The number of rotatable bonds is 10. The van der Waals surface area contributed by atoms with Gasteiger partial charge in [-0.15, -0.1) is 0 Å². The average Bonchev–Trinajstić information content (AvgIpc) is 3.50. The fourth-order valence-electron chi connectivity index (χ4n) is 4.80. The first kappa shape index (κ1) is 24.2. The van der Waals surface area contributed by atoms with E-state index in [4.69, 9.17) is 14.2 Å². The maximum Gasteiger partial charge on any atom is 0.407 e. The molecule has 3 N–H and O–H groups in total. The van der Waals surface area contributed by atoms with Crippen molar-refractivity contribution < 1.29 is 23.8 Å². The Morgan fingerprint density at radius 1 is 1.18 bits per heavy atom. The number of H-pyrrole nitrogens is 1. The number of amides is 2.